The zero-order valence-corrected chi connectivity index (χ0v) is 18.5. The lowest BCUT2D eigenvalue weighted by molar-refractivity contribution is -0.384. The van der Waals surface area contributed by atoms with Crippen molar-refractivity contribution >= 4 is 23.1 Å². The molecular weight excluding hydrogens is 428 g/mol. The van der Waals surface area contributed by atoms with Crippen molar-refractivity contribution in [2.45, 2.75) is 25.8 Å². The number of amides is 1. The number of ketones is 1. The van der Waals surface area contributed by atoms with E-state index >= 15 is 0 Å². The minimum absolute atomic E-state index is 0.0748. The Hall–Kier alpha value is -3.72. The predicted molar refractivity (Wildman–Crippen MR) is 121 cm³/mol. The Kier molecular flexibility index (Phi) is 7.78. The number of aliphatic hydroxyl groups excluding tert-OH is 1. The van der Waals surface area contributed by atoms with Crippen molar-refractivity contribution < 1.29 is 29.1 Å². The van der Waals surface area contributed by atoms with E-state index in [1.807, 2.05) is 6.92 Å². The Labute approximate surface area is 191 Å². The molecule has 1 N–H and O–H groups in total. The summed E-state index contributed by atoms with van der Waals surface area (Å²) in [5, 5.41) is 22.4. The molecule has 174 valence electrons. The van der Waals surface area contributed by atoms with Gasteiger partial charge in [0, 0.05) is 31.4 Å². The number of hydrogen-bond donors (Lipinski definition) is 1. The molecule has 1 atom stereocenters. The first-order chi connectivity index (χ1) is 15.9. The van der Waals surface area contributed by atoms with Crippen molar-refractivity contribution in [2.75, 3.05) is 26.9 Å². The predicted octanol–water partition coefficient (Wildman–Crippen LogP) is 3.84. The van der Waals surface area contributed by atoms with Crippen LogP contribution in [0.5, 0.6) is 5.75 Å². The first-order valence-corrected chi connectivity index (χ1v) is 10.6. The maximum atomic E-state index is 13.0. The monoisotopic (exact) mass is 454 g/mol. The number of nitrogens with zero attached hydrogens (tertiary/aromatic N) is 2. The van der Waals surface area contributed by atoms with E-state index in [0.717, 1.165) is 12.8 Å². The Balaban J connectivity index is 2.10. The van der Waals surface area contributed by atoms with Crippen LogP contribution in [0.15, 0.2) is 54.1 Å². The molecule has 1 amide bonds. The van der Waals surface area contributed by atoms with Crippen molar-refractivity contribution in [3.8, 4) is 5.75 Å². The molecule has 1 fully saturated rings. The van der Waals surface area contributed by atoms with E-state index in [1.165, 1.54) is 30.2 Å². The van der Waals surface area contributed by atoms with E-state index in [0.29, 0.717) is 23.5 Å². The zero-order valence-electron chi connectivity index (χ0n) is 18.5. The van der Waals surface area contributed by atoms with Gasteiger partial charge >= 0.3 is 0 Å². The second-order valence-electron chi connectivity index (χ2n) is 7.57. The zero-order chi connectivity index (χ0) is 24.0. The SMILES string of the molecule is CCCCOc1cccc(/C(O)=C2\C(=O)C(=O)N(CCOC)C2c2cccc([N+](=O)[O-])c2)c1. The molecule has 1 aliphatic rings. The topological polar surface area (TPSA) is 119 Å². The Morgan fingerprint density at radius 1 is 1.15 bits per heavy atom. The summed E-state index contributed by atoms with van der Waals surface area (Å²) in [6.45, 7) is 2.78. The summed E-state index contributed by atoms with van der Waals surface area (Å²) in [5.41, 5.74) is 0.332. The van der Waals surface area contributed by atoms with Crippen LogP contribution in [0.25, 0.3) is 5.76 Å². The van der Waals surface area contributed by atoms with Gasteiger partial charge in [-0.1, -0.05) is 37.6 Å². The number of carbonyl (C=O) groups excluding carboxylic acids is 2. The molecular formula is C24H26N2O7. The first kappa shape index (κ1) is 23.9. The van der Waals surface area contributed by atoms with Gasteiger partial charge in [0.1, 0.15) is 11.5 Å². The molecule has 0 saturated carbocycles. The molecule has 0 bridgehead atoms. The average molecular weight is 454 g/mol. The van der Waals surface area contributed by atoms with Crippen LogP contribution in [0.3, 0.4) is 0 Å². The molecule has 1 aliphatic heterocycles. The molecule has 2 aromatic carbocycles. The number of ether oxygens (including phenoxy) is 2. The molecule has 9 heteroatoms. The highest BCUT2D eigenvalue weighted by atomic mass is 16.6. The minimum atomic E-state index is -0.996. The van der Waals surface area contributed by atoms with Crippen LogP contribution < -0.4 is 4.74 Å². The Morgan fingerprint density at radius 3 is 2.61 bits per heavy atom. The fraction of sp³-hybridized carbons (Fsp3) is 0.333. The smallest absolute Gasteiger partial charge is 0.295 e. The highest BCUT2D eigenvalue weighted by Crippen LogP contribution is 2.40. The fourth-order valence-corrected chi connectivity index (χ4v) is 3.68. The summed E-state index contributed by atoms with van der Waals surface area (Å²) in [4.78, 5) is 37.8. The maximum Gasteiger partial charge on any atom is 0.295 e. The molecule has 0 aromatic heterocycles. The molecule has 0 aliphatic carbocycles. The van der Waals surface area contributed by atoms with Gasteiger partial charge in [-0.05, 0) is 24.1 Å². The van der Waals surface area contributed by atoms with Gasteiger partial charge in [0.25, 0.3) is 17.4 Å². The molecule has 0 radical (unpaired) electrons. The summed E-state index contributed by atoms with van der Waals surface area (Å²) < 4.78 is 10.8. The van der Waals surface area contributed by atoms with Crippen molar-refractivity contribution in [3.63, 3.8) is 0 Å². The van der Waals surface area contributed by atoms with E-state index in [4.69, 9.17) is 9.47 Å². The Bertz CT molecular complexity index is 1080. The van der Waals surface area contributed by atoms with E-state index in [9.17, 15) is 24.8 Å². The van der Waals surface area contributed by atoms with Gasteiger partial charge in [0.2, 0.25) is 0 Å². The quantitative estimate of drug-likeness (QED) is 0.145. The van der Waals surface area contributed by atoms with Gasteiger partial charge in [-0.25, -0.2) is 0 Å². The number of methoxy groups -OCH3 is 1. The summed E-state index contributed by atoms with van der Waals surface area (Å²) >= 11 is 0. The largest absolute Gasteiger partial charge is 0.507 e. The number of aliphatic hydroxyl groups is 1. The number of rotatable bonds is 10. The van der Waals surface area contributed by atoms with Crippen LogP contribution in [0.4, 0.5) is 5.69 Å². The lowest BCUT2D eigenvalue weighted by Gasteiger charge is -2.25. The Morgan fingerprint density at radius 2 is 1.91 bits per heavy atom. The highest BCUT2D eigenvalue weighted by Gasteiger charge is 2.46. The van der Waals surface area contributed by atoms with Crippen LogP contribution in [-0.2, 0) is 14.3 Å². The van der Waals surface area contributed by atoms with Crippen LogP contribution in [0.1, 0.15) is 36.9 Å². The van der Waals surface area contributed by atoms with Crippen LogP contribution in [0.2, 0.25) is 0 Å². The minimum Gasteiger partial charge on any atom is -0.507 e. The average Bonchev–Trinajstić information content (AvgIpc) is 3.07. The van der Waals surface area contributed by atoms with E-state index in [-0.39, 0.29) is 30.2 Å². The number of unbranched alkanes of at least 4 members (excludes halogenated alkanes) is 1. The third kappa shape index (κ3) is 5.20. The summed E-state index contributed by atoms with van der Waals surface area (Å²) in [6, 6.07) is 11.3. The molecule has 1 unspecified atom stereocenters. The van der Waals surface area contributed by atoms with Gasteiger partial charge in [-0.2, -0.15) is 0 Å². The molecule has 1 heterocycles. The van der Waals surface area contributed by atoms with Crippen molar-refractivity contribution in [3.05, 3.63) is 75.3 Å². The third-order valence-electron chi connectivity index (χ3n) is 5.35. The molecule has 2 aromatic rings. The summed E-state index contributed by atoms with van der Waals surface area (Å²) in [7, 11) is 1.46. The molecule has 33 heavy (non-hydrogen) atoms. The van der Waals surface area contributed by atoms with Crippen LogP contribution in [0, 0.1) is 10.1 Å². The number of nitro benzene ring substituents is 1. The van der Waals surface area contributed by atoms with Crippen molar-refractivity contribution in [1.82, 2.24) is 4.90 Å². The highest BCUT2D eigenvalue weighted by molar-refractivity contribution is 6.46. The fourth-order valence-electron chi connectivity index (χ4n) is 3.68. The second kappa shape index (κ2) is 10.7. The van der Waals surface area contributed by atoms with Gasteiger partial charge in [-0.15, -0.1) is 0 Å². The normalized spacial score (nSPS) is 17.4. The standard InChI is InChI=1S/C24H26N2O7/c1-3-4-12-33-19-10-6-8-17(15-19)22(27)20-21(16-7-5-9-18(14-16)26(30)31)25(11-13-32-2)24(29)23(20)28/h5-10,14-15,21,27H,3-4,11-13H2,1-2H3/b22-20+. The number of hydrogen-bond acceptors (Lipinski definition) is 7. The van der Waals surface area contributed by atoms with Gasteiger partial charge < -0.3 is 19.5 Å². The summed E-state index contributed by atoms with van der Waals surface area (Å²) in [5.74, 6) is -1.52. The van der Waals surface area contributed by atoms with E-state index in [1.54, 1.807) is 30.3 Å². The number of nitro groups is 1. The van der Waals surface area contributed by atoms with Crippen molar-refractivity contribution in [2.24, 2.45) is 0 Å². The van der Waals surface area contributed by atoms with E-state index < -0.39 is 22.7 Å². The maximum absolute atomic E-state index is 13.0. The molecule has 0 spiro atoms. The lowest BCUT2D eigenvalue weighted by Crippen LogP contribution is -2.32. The number of non-ortho nitro benzene ring substituents is 1. The second-order valence-corrected chi connectivity index (χ2v) is 7.57. The van der Waals surface area contributed by atoms with Gasteiger partial charge in [0.15, 0.2) is 0 Å². The first-order valence-electron chi connectivity index (χ1n) is 10.6. The van der Waals surface area contributed by atoms with Gasteiger partial charge in [0.05, 0.1) is 29.8 Å². The van der Waals surface area contributed by atoms with Crippen LogP contribution >= 0.6 is 0 Å². The van der Waals surface area contributed by atoms with E-state index in [2.05, 4.69) is 0 Å². The number of Topliss-reactive ketones (excluding diaryl/α,β-unsaturated/α-hetero) is 1. The van der Waals surface area contributed by atoms with Crippen molar-refractivity contribution in [1.29, 1.82) is 0 Å². The number of likely N-dealkylation sites (tertiary alicyclic amines) is 1. The van der Waals surface area contributed by atoms with Crippen LogP contribution in [-0.4, -0.2) is 53.5 Å². The molecule has 3 rings (SSSR count). The molecule has 9 nitrogen and oxygen atoms in total. The molecule has 1 saturated heterocycles. The number of carbonyl (C=O) groups is 2. The third-order valence-corrected chi connectivity index (χ3v) is 5.35. The lowest BCUT2D eigenvalue weighted by atomic mass is 9.95. The summed E-state index contributed by atoms with van der Waals surface area (Å²) in [6.07, 6.45) is 1.83. The van der Waals surface area contributed by atoms with Gasteiger partial charge in [-0.3, -0.25) is 19.7 Å². The number of benzene rings is 2.